The fourth-order valence-corrected chi connectivity index (χ4v) is 5.55. The van der Waals surface area contributed by atoms with Crippen LogP contribution in [0.15, 0.2) is 42.9 Å². The molecule has 3 N–H and O–H groups in total. The fraction of sp³-hybridized carbons (Fsp3) is 0.500. The van der Waals surface area contributed by atoms with Gasteiger partial charge in [0.1, 0.15) is 11.6 Å². The number of nitrogens with one attached hydrogen (secondary N) is 2. The highest BCUT2D eigenvalue weighted by atomic mass is 32.1. The zero-order valence-corrected chi connectivity index (χ0v) is 21.9. The Kier molecular flexibility index (Phi) is 7.54. The Morgan fingerprint density at radius 3 is 2.58 bits per heavy atom. The van der Waals surface area contributed by atoms with Crippen LogP contribution in [-0.2, 0) is 0 Å². The number of piperazine rings is 2. The van der Waals surface area contributed by atoms with Crippen molar-refractivity contribution in [2.24, 2.45) is 5.92 Å². The molecule has 4 heterocycles. The van der Waals surface area contributed by atoms with Gasteiger partial charge in [0, 0.05) is 75.1 Å². The van der Waals surface area contributed by atoms with Crippen LogP contribution in [0, 0.1) is 5.92 Å². The molecule has 3 aromatic rings. The number of aliphatic hydroxyl groups excluding tert-OH is 1. The number of H-pyrrole nitrogens is 1. The van der Waals surface area contributed by atoms with E-state index < -0.39 is 0 Å². The van der Waals surface area contributed by atoms with E-state index in [9.17, 15) is 5.11 Å². The molecule has 2 fully saturated rings. The van der Waals surface area contributed by atoms with E-state index in [0.717, 1.165) is 85.7 Å². The van der Waals surface area contributed by atoms with E-state index in [2.05, 4.69) is 66.9 Å². The third-order valence-corrected chi connectivity index (χ3v) is 7.67. The number of rotatable bonds is 6. The van der Waals surface area contributed by atoms with Crippen molar-refractivity contribution in [3.05, 3.63) is 42.9 Å². The average molecular weight is 509 g/mol. The molecule has 0 aliphatic carbocycles. The van der Waals surface area contributed by atoms with Crippen LogP contribution in [0.1, 0.15) is 13.8 Å². The predicted octanol–water partition coefficient (Wildman–Crippen LogP) is 2.62. The van der Waals surface area contributed by atoms with Crippen LogP contribution >= 0.6 is 12.2 Å². The summed E-state index contributed by atoms with van der Waals surface area (Å²) in [6, 6.07) is 8.53. The number of aromatic amines is 1. The Labute approximate surface area is 218 Å². The number of benzene rings is 1. The van der Waals surface area contributed by atoms with E-state index in [-0.39, 0.29) is 12.6 Å². The van der Waals surface area contributed by atoms with Crippen LogP contribution in [0.2, 0.25) is 0 Å². The van der Waals surface area contributed by atoms with Crippen LogP contribution in [0.3, 0.4) is 0 Å². The normalized spacial score (nSPS) is 19.3. The van der Waals surface area contributed by atoms with Crippen molar-refractivity contribution in [3.8, 4) is 0 Å². The molecule has 1 atom stereocenters. The molecule has 0 radical (unpaired) electrons. The van der Waals surface area contributed by atoms with Crippen molar-refractivity contribution >= 4 is 45.6 Å². The van der Waals surface area contributed by atoms with Gasteiger partial charge in [-0.15, -0.1) is 0 Å². The van der Waals surface area contributed by atoms with Crippen LogP contribution in [-0.4, -0.2) is 100.0 Å². The molecule has 0 spiro atoms. The number of fused-ring (bicyclic) bond motifs is 1. The maximum atomic E-state index is 9.20. The number of nitrogens with zero attached hydrogens (tertiary/aromatic N) is 6. The smallest absolute Gasteiger partial charge is 0.173 e. The monoisotopic (exact) mass is 508 g/mol. The Hall–Kier alpha value is -2.95. The second-order valence-electron chi connectivity index (χ2n) is 9.91. The van der Waals surface area contributed by atoms with Crippen LogP contribution in [0.4, 0.5) is 17.3 Å². The first-order valence-corrected chi connectivity index (χ1v) is 13.2. The predicted molar refractivity (Wildman–Crippen MR) is 150 cm³/mol. The van der Waals surface area contributed by atoms with Gasteiger partial charge in [0.15, 0.2) is 5.11 Å². The molecule has 10 heteroatoms. The minimum absolute atomic E-state index is 0.207. The van der Waals surface area contributed by atoms with Crippen molar-refractivity contribution < 1.29 is 5.11 Å². The topological polar surface area (TPSA) is 86.8 Å². The zero-order chi connectivity index (χ0) is 25.1. The molecular formula is C26H36N8OS. The lowest BCUT2D eigenvalue weighted by Gasteiger charge is -2.45. The van der Waals surface area contributed by atoms with E-state index in [1.165, 1.54) is 0 Å². The largest absolute Gasteiger partial charge is 0.395 e. The van der Waals surface area contributed by atoms with Gasteiger partial charge in [0.25, 0.3) is 0 Å². The van der Waals surface area contributed by atoms with Crippen LogP contribution in [0.5, 0.6) is 0 Å². The third kappa shape index (κ3) is 5.25. The molecule has 2 saturated heterocycles. The first kappa shape index (κ1) is 24.7. The van der Waals surface area contributed by atoms with Gasteiger partial charge in [0.05, 0.1) is 25.0 Å². The summed E-state index contributed by atoms with van der Waals surface area (Å²) in [4.78, 5) is 22.1. The molecule has 0 saturated carbocycles. The minimum atomic E-state index is 0.207. The van der Waals surface area contributed by atoms with Gasteiger partial charge < -0.3 is 30.1 Å². The van der Waals surface area contributed by atoms with E-state index in [1.54, 1.807) is 0 Å². The molecule has 0 bridgehead atoms. The zero-order valence-electron chi connectivity index (χ0n) is 21.1. The summed E-state index contributed by atoms with van der Waals surface area (Å²) in [5.74, 6) is 2.27. The van der Waals surface area contributed by atoms with E-state index in [0.29, 0.717) is 5.92 Å². The first-order chi connectivity index (χ1) is 17.5. The number of hydrogen-bond donors (Lipinski definition) is 3. The number of β-amino-alcohol motifs (C(OH)–C–C–N with tert-alkyl or cyclic N) is 1. The first-order valence-electron chi connectivity index (χ1n) is 12.8. The maximum Gasteiger partial charge on any atom is 0.173 e. The van der Waals surface area contributed by atoms with Crippen molar-refractivity contribution in [2.75, 3.05) is 74.1 Å². The van der Waals surface area contributed by atoms with E-state index >= 15 is 0 Å². The van der Waals surface area contributed by atoms with Crippen LogP contribution in [0.25, 0.3) is 10.9 Å². The summed E-state index contributed by atoms with van der Waals surface area (Å²) >= 11 is 5.91. The molecule has 2 aromatic heterocycles. The highest BCUT2D eigenvalue weighted by molar-refractivity contribution is 7.80. The quantitative estimate of drug-likeness (QED) is 0.435. The van der Waals surface area contributed by atoms with E-state index in [4.69, 9.17) is 17.2 Å². The van der Waals surface area contributed by atoms with Crippen LogP contribution < -0.4 is 15.1 Å². The number of thiocarbonyl (C=S) groups is 1. The SMILES string of the molecule is CC(C)C1CN(c2cncc(N3CCN(CCO)CC3)n2)CCN1C(=S)Nc1cccc2[nH]ccc12. The summed E-state index contributed by atoms with van der Waals surface area (Å²) in [5, 5.41) is 14.6. The second kappa shape index (κ2) is 11.0. The van der Waals surface area contributed by atoms with Crippen molar-refractivity contribution in [1.29, 1.82) is 0 Å². The second-order valence-corrected chi connectivity index (χ2v) is 10.3. The van der Waals surface area contributed by atoms with Gasteiger partial charge >= 0.3 is 0 Å². The van der Waals surface area contributed by atoms with Gasteiger partial charge in [-0.2, -0.15) is 0 Å². The Bertz CT molecular complexity index is 1180. The molecule has 0 amide bonds. The summed E-state index contributed by atoms with van der Waals surface area (Å²) < 4.78 is 0. The highest BCUT2D eigenvalue weighted by Crippen LogP contribution is 2.26. The highest BCUT2D eigenvalue weighted by Gasteiger charge is 2.32. The molecule has 1 aromatic carbocycles. The molecule has 5 rings (SSSR count). The number of anilines is 3. The molecule has 36 heavy (non-hydrogen) atoms. The third-order valence-electron chi connectivity index (χ3n) is 7.33. The van der Waals surface area contributed by atoms with Gasteiger partial charge in [-0.3, -0.25) is 9.88 Å². The van der Waals surface area contributed by atoms with Gasteiger partial charge in [-0.1, -0.05) is 19.9 Å². The Morgan fingerprint density at radius 2 is 1.83 bits per heavy atom. The Balaban J connectivity index is 1.26. The molecule has 2 aliphatic heterocycles. The van der Waals surface area contributed by atoms with Crippen molar-refractivity contribution in [3.63, 3.8) is 0 Å². The number of aliphatic hydroxyl groups is 1. The lowest BCUT2D eigenvalue weighted by molar-refractivity contribution is 0.188. The molecule has 1 unspecified atom stereocenters. The van der Waals surface area contributed by atoms with E-state index in [1.807, 2.05) is 24.7 Å². The fourth-order valence-electron chi connectivity index (χ4n) is 5.21. The summed E-state index contributed by atoms with van der Waals surface area (Å²) in [7, 11) is 0. The lowest BCUT2D eigenvalue weighted by Crippen LogP contribution is -2.58. The van der Waals surface area contributed by atoms with Crippen molar-refractivity contribution in [2.45, 2.75) is 19.9 Å². The summed E-state index contributed by atoms with van der Waals surface area (Å²) in [6.45, 7) is 11.6. The standard InChI is InChI=1S/C26H36N8OS/c1-19(2)23-18-33(25-17-27-16-24(30-25)32-10-8-31(9-11-32)14-15-35)12-13-34(23)26(36)29-22-5-3-4-21-20(22)6-7-28-21/h3-7,16-17,19,23,28,35H,8-15,18H2,1-2H3,(H,29,36). The molecule has 2 aliphatic rings. The maximum absolute atomic E-state index is 9.20. The minimum Gasteiger partial charge on any atom is -0.395 e. The summed E-state index contributed by atoms with van der Waals surface area (Å²) in [5.41, 5.74) is 2.13. The van der Waals surface area contributed by atoms with Gasteiger partial charge in [-0.05, 0) is 36.3 Å². The van der Waals surface area contributed by atoms with Crippen molar-refractivity contribution in [1.82, 2.24) is 24.8 Å². The van der Waals surface area contributed by atoms with Gasteiger partial charge in [-0.25, -0.2) is 4.98 Å². The molecule has 9 nitrogen and oxygen atoms in total. The lowest BCUT2D eigenvalue weighted by atomic mass is 10.00. The molecule has 192 valence electrons. The number of aromatic nitrogens is 3. The molecular weight excluding hydrogens is 472 g/mol. The van der Waals surface area contributed by atoms with Gasteiger partial charge in [0.2, 0.25) is 0 Å². The summed E-state index contributed by atoms with van der Waals surface area (Å²) in [6.07, 6.45) is 5.70. The number of hydrogen-bond acceptors (Lipinski definition) is 7. The Morgan fingerprint density at radius 1 is 1.08 bits per heavy atom. The average Bonchev–Trinajstić information content (AvgIpc) is 3.39.